The zero-order valence-corrected chi connectivity index (χ0v) is 24.2. The van der Waals surface area contributed by atoms with Gasteiger partial charge in [-0.15, -0.1) is 0 Å². The van der Waals surface area contributed by atoms with Crippen LogP contribution in [0.3, 0.4) is 0 Å². The number of methoxy groups -OCH3 is 1. The first-order chi connectivity index (χ1) is 19.1. The van der Waals surface area contributed by atoms with Crippen molar-refractivity contribution < 1.29 is 27.1 Å². The van der Waals surface area contributed by atoms with Crippen molar-refractivity contribution >= 4 is 39.1 Å². The van der Waals surface area contributed by atoms with E-state index in [9.17, 15) is 22.4 Å². The van der Waals surface area contributed by atoms with Crippen LogP contribution < -0.4 is 14.4 Å². The highest BCUT2D eigenvalue weighted by Gasteiger charge is 2.32. The smallest absolute Gasteiger partial charge is 0.264 e. The number of benzene rings is 3. The lowest BCUT2D eigenvalue weighted by Crippen LogP contribution is -2.51. The number of carbonyl (C=O) groups excluding carboxylic acids is 2. The number of ether oxygens (including phenoxy) is 1. The Bertz CT molecular complexity index is 1380. The fraction of sp³-hybridized carbons (Fsp3) is 0.310. The number of hydrogen-bond donors (Lipinski definition) is 1. The van der Waals surface area contributed by atoms with Crippen LogP contribution in [0, 0.1) is 5.82 Å². The van der Waals surface area contributed by atoms with Crippen molar-refractivity contribution in [2.75, 3.05) is 24.5 Å². The monoisotopic (exact) mass is 589 g/mol. The molecular formula is C29H33ClFN3O5S. The SMILES string of the molecule is CCCCNC(=O)[C@@H](C)N(Cc1ccc(Cl)cc1)C(=O)CN(c1ccc(F)cc1)S(=O)(=O)c1ccc(OC)cc1. The number of carbonyl (C=O) groups is 2. The summed E-state index contributed by atoms with van der Waals surface area (Å²) in [6.45, 7) is 3.46. The van der Waals surface area contributed by atoms with Crippen molar-refractivity contribution in [3.8, 4) is 5.75 Å². The molecule has 8 nitrogen and oxygen atoms in total. The van der Waals surface area contributed by atoms with Gasteiger partial charge in [0, 0.05) is 18.1 Å². The summed E-state index contributed by atoms with van der Waals surface area (Å²) in [5.74, 6) is -1.07. The van der Waals surface area contributed by atoms with Gasteiger partial charge in [0.2, 0.25) is 11.8 Å². The molecule has 0 spiro atoms. The topological polar surface area (TPSA) is 96.0 Å². The molecule has 0 aliphatic carbocycles. The highest BCUT2D eigenvalue weighted by molar-refractivity contribution is 7.92. The molecule has 0 aliphatic rings. The van der Waals surface area contributed by atoms with Gasteiger partial charge in [-0.05, 0) is 79.6 Å². The van der Waals surface area contributed by atoms with Gasteiger partial charge in [-0.1, -0.05) is 37.1 Å². The van der Waals surface area contributed by atoms with Crippen LogP contribution in [0.15, 0.2) is 77.7 Å². The molecule has 0 saturated carbocycles. The van der Waals surface area contributed by atoms with E-state index in [1.807, 2.05) is 6.92 Å². The molecule has 0 unspecified atom stereocenters. The zero-order chi connectivity index (χ0) is 29.3. The largest absolute Gasteiger partial charge is 0.497 e. The predicted octanol–water partition coefficient (Wildman–Crippen LogP) is 5.02. The Labute approximate surface area is 239 Å². The van der Waals surface area contributed by atoms with Gasteiger partial charge in [0.05, 0.1) is 17.7 Å². The Morgan fingerprint density at radius 1 is 1.00 bits per heavy atom. The van der Waals surface area contributed by atoms with E-state index >= 15 is 0 Å². The minimum atomic E-state index is -4.27. The number of hydrogen-bond acceptors (Lipinski definition) is 5. The van der Waals surface area contributed by atoms with Crippen LogP contribution in [0.4, 0.5) is 10.1 Å². The van der Waals surface area contributed by atoms with Crippen molar-refractivity contribution in [3.05, 3.63) is 89.2 Å². The minimum absolute atomic E-state index is 0.0399. The van der Waals surface area contributed by atoms with E-state index < -0.39 is 34.3 Å². The molecule has 3 aromatic rings. The number of unbranched alkanes of at least 4 members (excludes halogenated alkanes) is 1. The fourth-order valence-electron chi connectivity index (χ4n) is 3.92. The molecule has 40 heavy (non-hydrogen) atoms. The molecule has 0 aliphatic heterocycles. The van der Waals surface area contributed by atoms with Crippen LogP contribution in [0.5, 0.6) is 5.75 Å². The highest BCUT2D eigenvalue weighted by Crippen LogP contribution is 2.26. The molecule has 0 bridgehead atoms. The molecule has 2 amide bonds. The van der Waals surface area contributed by atoms with E-state index in [0.717, 1.165) is 29.3 Å². The molecule has 0 heterocycles. The van der Waals surface area contributed by atoms with Crippen molar-refractivity contribution in [2.24, 2.45) is 0 Å². The summed E-state index contributed by atoms with van der Waals surface area (Å²) in [4.78, 5) is 28.0. The number of amides is 2. The van der Waals surface area contributed by atoms with Crippen LogP contribution >= 0.6 is 11.6 Å². The first-order valence-electron chi connectivity index (χ1n) is 12.8. The maximum atomic E-state index is 13.8. The molecule has 11 heteroatoms. The molecule has 0 aromatic heterocycles. The van der Waals surface area contributed by atoms with E-state index in [1.54, 1.807) is 31.2 Å². The van der Waals surface area contributed by atoms with Gasteiger partial charge in [-0.2, -0.15) is 0 Å². The van der Waals surface area contributed by atoms with Crippen LogP contribution in [-0.2, 0) is 26.2 Å². The average molecular weight is 590 g/mol. The van der Waals surface area contributed by atoms with Crippen molar-refractivity contribution in [3.63, 3.8) is 0 Å². The summed E-state index contributed by atoms with van der Waals surface area (Å²) in [6.07, 6.45) is 1.67. The highest BCUT2D eigenvalue weighted by atomic mass is 35.5. The standard InChI is InChI=1S/C29H33ClFN3O5S/c1-4-5-18-32-29(36)21(2)33(19-22-6-8-23(30)9-7-22)28(35)20-34(25-12-10-24(31)11-13-25)40(37,38)27-16-14-26(39-3)15-17-27/h6-17,21H,4-5,18-20H2,1-3H3,(H,32,36)/t21-/m1/s1. The molecule has 214 valence electrons. The number of nitrogens with one attached hydrogen (secondary N) is 1. The third-order valence-corrected chi connectivity index (χ3v) is 8.34. The summed E-state index contributed by atoms with van der Waals surface area (Å²) < 4.78 is 47.3. The van der Waals surface area contributed by atoms with E-state index in [-0.39, 0.29) is 23.0 Å². The lowest BCUT2D eigenvalue weighted by Gasteiger charge is -2.32. The Morgan fingerprint density at radius 3 is 2.20 bits per heavy atom. The lowest BCUT2D eigenvalue weighted by molar-refractivity contribution is -0.139. The Kier molecular flexibility index (Phi) is 10.9. The summed E-state index contributed by atoms with van der Waals surface area (Å²) in [5.41, 5.74) is 0.800. The number of anilines is 1. The van der Waals surface area contributed by atoms with Gasteiger partial charge in [0.1, 0.15) is 24.2 Å². The van der Waals surface area contributed by atoms with Crippen LogP contribution in [0.25, 0.3) is 0 Å². The van der Waals surface area contributed by atoms with Gasteiger partial charge in [-0.25, -0.2) is 12.8 Å². The molecule has 0 saturated heterocycles. The normalized spacial score (nSPS) is 11.9. The van der Waals surface area contributed by atoms with Gasteiger partial charge < -0.3 is 15.0 Å². The second kappa shape index (κ2) is 14.1. The molecule has 0 radical (unpaired) electrons. The maximum Gasteiger partial charge on any atom is 0.264 e. The number of sulfonamides is 1. The van der Waals surface area contributed by atoms with Gasteiger partial charge in [0.15, 0.2) is 0 Å². The number of rotatable bonds is 13. The van der Waals surface area contributed by atoms with Crippen LogP contribution in [-0.4, -0.2) is 51.4 Å². The van der Waals surface area contributed by atoms with Gasteiger partial charge in [0.25, 0.3) is 10.0 Å². The predicted molar refractivity (Wildman–Crippen MR) is 153 cm³/mol. The summed E-state index contributed by atoms with van der Waals surface area (Å²) in [5, 5.41) is 3.35. The molecule has 3 rings (SSSR count). The van der Waals surface area contributed by atoms with Crippen molar-refractivity contribution in [1.29, 1.82) is 0 Å². The number of halogens is 2. The summed E-state index contributed by atoms with van der Waals surface area (Å²) >= 11 is 6.02. The molecule has 0 fully saturated rings. The molecule has 3 aromatic carbocycles. The van der Waals surface area contributed by atoms with E-state index in [4.69, 9.17) is 16.3 Å². The van der Waals surface area contributed by atoms with Crippen molar-refractivity contribution in [2.45, 2.75) is 44.2 Å². The third-order valence-electron chi connectivity index (χ3n) is 6.30. The van der Waals surface area contributed by atoms with Gasteiger partial charge in [-0.3, -0.25) is 13.9 Å². The first-order valence-corrected chi connectivity index (χ1v) is 14.6. The summed E-state index contributed by atoms with van der Waals surface area (Å²) in [6, 6.07) is 16.4. The molecule has 1 atom stereocenters. The first kappa shape index (κ1) is 30.9. The van der Waals surface area contributed by atoms with Crippen LogP contribution in [0.1, 0.15) is 32.3 Å². The van der Waals surface area contributed by atoms with Gasteiger partial charge >= 0.3 is 0 Å². The second-order valence-corrected chi connectivity index (χ2v) is 11.4. The maximum absolute atomic E-state index is 13.8. The van der Waals surface area contributed by atoms with E-state index in [2.05, 4.69) is 5.32 Å². The second-order valence-electron chi connectivity index (χ2n) is 9.13. The molecule has 1 N–H and O–H groups in total. The van der Waals surface area contributed by atoms with Crippen molar-refractivity contribution in [1.82, 2.24) is 10.2 Å². The lowest BCUT2D eigenvalue weighted by atomic mass is 10.1. The fourth-order valence-corrected chi connectivity index (χ4v) is 5.46. The average Bonchev–Trinajstić information content (AvgIpc) is 2.95. The third kappa shape index (κ3) is 7.95. The van der Waals surface area contributed by atoms with Crippen LogP contribution in [0.2, 0.25) is 5.02 Å². The molecular weight excluding hydrogens is 557 g/mol. The Balaban J connectivity index is 1.99. The quantitative estimate of drug-likeness (QED) is 0.283. The Hall–Kier alpha value is -3.63. The van der Waals surface area contributed by atoms with E-state index in [1.165, 1.54) is 48.4 Å². The Morgan fingerprint density at radius 2 is 1.62 bits per heavy atom. The van der Waals surface area contributed by atoms with E-state index in [0.29, 0.717) is 22.9 Å². The zero-order valence-electron chi connectivity index (χ0n) is 22.6. The number of nitrogens with zero attached hydrogens (tertiary/aromatic N) is 2. The summed E-state index contributed by atoms with van der Waals surface area (Å²) in [7, 11) is -2.81. The minimum Gasteiger partial charge on any atom is -0.497 e.